The van der Waals surface area contributed by atoms with Crippen molar-refractivity contribution in [3.8, 4) is 69.0 Å². The summed E-state index contributed by atoms with van der Waals surface area (Å²) in [6.07, 6.45) is 3.35. The third kappa shape index (κ3) is 44.0. The van der Waals surface area contributed by atoms with Crippen LogP contribution in [0.5, 0.6) is 69.0 Å². The molecule has 0 N–H and O–H groups in total. The van der Waals surface area contributed by atoms with Gasteiger partial charge in [-0.3, -0.25) is 89.5 Å². The van der Waals surface area contributed by atoms with Crippen LogP contribution in [0.4, 0.5) is 34.1 Å². The van der Waals surface area contributed by atoms with Gasteiger partial charge in [-0.15, -0.1) is 0 Å². The van der Waals surface area contributed by atoms with Crippen LogP contribution in [-0.2, 0) is 96.1 Å². The van der Waals surface area contributed by atoms with Crippen molar-refractivity contribution in [3.05, 3.63) is 167 Å². The second-order valence-corrected chi connectivity index (χ2v) is 28.4. The highest BCUT2D eigenvalue weighted by Gasteiger charge is 2.28. The van der Waals surface area contributed by atoms with E-state index >= 15 is 0 Å². The third-order valence-corrected chi connectivity index (χ3v) is 18.4. The van der Waals surface area contributed by atoms with E-state index in [9.17, 15) is 89.5 Å². The maximum absolute atomic E-state index is 11.8. The summed E-state index contributed by atoms with van der Waals surface area (Å²) in [4.78, 5) is 133. The molecule has 0 unspecified atom stereocenters. The van der Waals surface area contributed by atoms with E-state index in [0.29, 0.717) is 157 Å². The molecule has 0 aliphatic carbocycles. The highest BCUT2D eigenvalue weighted by atomic mass is 32.1. The monoisotopic (exact) mass is 1970 g/mol. The Balaban J connectivity index is 0.000000792. The van der Waals surface area contributed by atoms with Crippen LogP contribution in [-0.4, -0.2) is 209 Å². The van der Waals surface area contributed by atoms with E-state index in [-0.39, 0.29) is 182 Å². The van der Waals surface area contributed by atoms with E-state index < -0.39 is 53.4 Å². The van der Waals surface area contributed by atoms with E-state index in [0.717, 1.165) is 0 Å². The second kappa shape index (κ2) is 68.3. The van der Waals surface area contributed by atoms with Crippen molar-refractivity contribution >= 4 is 146 Å². The molecule has 42 nitrogen and oxygen atoms in total. The predicted molar refractivity (Wildman–Crippen MR) is 503 cm³/mol. The van der Waals surface area contributed by atoms with E-state index in [1.165, 1.54) is 109 Å². The molecule has 0 bridgehead atoms. The third-order valence-electron chi connectivity index (χ3n) is 16.7. The number of nitro benzene ring substituents is 6. The summed E-state index contributed by atoms with van der Waals surface area (Å²) in [5, 5.41) is 66.9. The number of rotatable bonds is 54. The molecular weight excluding hydrogens is 1860 g/mol. The molecule has 6 rings (SSSR count). The Morgan fingerprint density at radius 1 is 0.250 bits per heavy atom. The molecule has 6 aromatic rings. The first-order chi connectivity index (χ1) is 63.2. The number of nitrogens with zero attached hydrogens (tertiary/aromatic N) is 6. The smallest absolute Gasteiger partial charge is 0.310 e. The summed E-state index contributed by atoms with van der Waals surface area (Å²) in [5.74, 6) is 4.41. The van der Waals surface area contributed by atoms with Gasteiger partial charge in [0.1, 0.15) is 13.2 Å². The number of carbonyl (C=O) groups excluding carboxylic acids is 6. The van der Waals surface area contributed by atoms with Crippen molar-refractivity contribution in [3.63, 3.8) is 0 Å². The zero-order chi connectivity index (χ0) is 99.2. The Bertz CT molecular complexity index is 4690. The van der Waals surface area contributed by atoms with E-state index in [1.807, 2.05) is 6.92 Å². The van der Waals surface area contributed by atoms with Crippen molar-refractivity contribution in [1.82, 2.24) is 0 Å². The largest absolute Gasteiger partial charge is 0.493 e. The fraction of sp³-hybridized carbons (Fsp3) is 0.500. The van der Waals surface area contributed by atoms with Gasteiger partial charge < -0.3 is 85.3 Å². The number of thiol groups is 6. The summed E-state index contributed by atoms with van der Waals surface area (Å²) >= 11 is 23.9. The summed E-state index contributed by atoms with van der Waals surface area (Å²) in [5.41, 5.74) is 0.872. The van der Waals surface area contributed by atoms with Crippen LogP contribution in [0.1, 0.15) is 126 Å². The highest BCUT2D eigenvalue weighted by Crippen LogP contribution is 2.41. The number of benzene rings is 6. The lowest BCUT2D eigenvalue weighted by Gasteiger charge is -2.13. The zero-order valence-corrected chi connectivity index (χ0v) is 80.6. The molecular formula is C84H114N6O36S6. The molecule has 0 aliphatic heterocycles. The molecule has 0 aromatic heterocycles. The predicted octanol–water partition coefficient (Wildman–Crippen LogP) is 15.1. The molecule has 6 aromatic carbocycles. The van der Waals surface area contributed by atoms with Crippen molar-refractivity contribution < 1.29 is 144 Å². The van der Waals surface area contributed by atoms with Crippen LogP contribution in [0.25, 0.3) is 0 Å². The van der Waals surface area contributed by atoms with Gasteiger partial charge in [-0.1, -0.05) is 0 Å². The topological polar surface area (TPSA) is 527 Å². The molecule has 0 aliphatic rings. The minimum atomic E-state index is -0.571. The Morgan fingerprint density at radius 3 is 0.712 bits per heavy atom. The lowest BCUT2D eigenvalue weighted by atomic mass is 10.1. The molecule has 0 heterocycles. The van der Waals surface area contributed by atoms with Crippen molar-refractivity contribution in [1.29, 1.82) is 0 Å². The molecule has 0 saturated heterocycles. The molecule has 0 fully saturated rings. The van der Waals surface area contributed by atoms with Crippen LogP contribution >= 0.6 is 75.8 Å². The Hall–Kier alpha value is -11.8. The van der Waals surface area contributed by atoms with Gasteiger partial charge in [0.2, 0.25) is 0 Å². The number of carbonyl (C=O) groups is 6. The van der Waals surface area contributed by atoms with Crippen LogP contribution in [0, 0.1) is 60.7 Å². The molecule has 732 valence electrons. The first-order valence-electron chi connectivity index (χ1n) is 40.7. The van der Waals surface area contributed by atoms with Crippen LogP contribution in [0.15, 0.2) is 72.8 Å². The van der Waals surface area contributed by atoms with Crippen LogP contribution in [0.3, 0.4) is 0 Å². The minimum Gasteiger partial charge on any atom is -0.493 e. The van der Waals surface area contributed by atoms with E-state index in [2.05, 4.69) is 75.8 Å². The molecule has 0 radical (unpaired) electrons. The molecule has 0 spiro atoms. The van der Waals surface area contributed by atoms with Gasteiger partial charge in [-0.2, -0.15) is 75.8 Å². The first-order valence-corrected chi connectivity index (χ1v) is 44.5. The molecule has 48 heteroatoms. The van der Waals surface area contributed by atoms with E-state index in [1.54, 1.807) is 40.7 Å². The number of hydrogen-bond donors (Lipinski definition) is 6. The maximum Gasteiger partial charge on any atom is 0.310 e. The van der Waals surface area contributed by atoms with Gasteiger partial charge in [0.25, 0.3) is 34.1 Å². The minimum absolute atomic E-state index is 0.0585. The number of methoxy groups -OCH3 is 6. The molecule has 0 amide bonds. The normalized spacial score (nSPS) is 10.1. The van der Waals surface area contributed by atoms with Crippen molar-refractivity contribution in [2.45, 2.75) is 132 Å². The fourth-order valence-electron chi connectivity index (χ4n) is 10.7. The van der Waals surface area contributed by atoms with Gasteiger partial charge in [-0.05, 0) is 127 Å². The van der Waals surface area contributed by atoms with Crippen molar-refractivity contribution in [2.75, 3.05) is 143 Å². The van der Waals surface area contributed by atoms with Gasteiger partial charge >= 0.3 is 35.8 Å². The van der Waals surface area contributed by atoms with Gasteiger partial charge in [-0.25, -0.2) is 0 Å². The van der Waals surface area contributed by atoms with Gasteiger partial charge in [0.15, 0.2) is 69.0 Å². The summed E-state index contributed by atoms with van der Waals surface area (Å²) < 4.78 is 92.9. The standard InChI is InChI=1S/3C15H21NO6S.3C13H17NO6S/c1-3-20-13-9-11(5-7-22-15(17)6-8-23)12(16(18)19)10-14(13)21-4-2;1-3-20-13-8-11(10-22-15(17)6-5-7-23)12(16(18)19)9-14(13)21-4-2;1-3-20-13-8-11(9-15(17)22-6-5-7-23)12(16(18)19)10-14(13)21-4-2;1-18-11-7-9(3-5-20-13(15)4-6-21)10(14(16)17)8-12(11)19-2;1-18-11-6-9(8-20-13(15)4-3-5-21)10(14(16)17)7-12(11)19-2;1-18-11-6-9(7-13(15)20-4-3-5-21)10(14(16)17)8-12(11)19-2/h9-10,23H,3-8H2,1-2H3;8-9,23H,3-7,10H2,1-2H3;8,10,23H,3-7,9H2,1-2H3;7-8,21H,3-6H2,1-2H3;6-7,21H,3-5,8H2,1-2H3;6,8,21H,3-5,7H2,1-2H3. The SMILES string of the molecule is CCOc1cc(CC(=O)OCCCS)c([N+](=O)[O-])cc1OCC.CCOc1cc(CCOC(=O)CCS)c([N+](=O)[O-])cc1OCC.CCOc1cc(COC(=O)CCCS)c([N+](=O)[O-])cc1OCC.COc1cc(CC(=O)OCCCS)c([N+](=O)[O-])cc1OC.COc1cc(CCOC(=O)CCS)c([N+](=O)[O-])cc1OC.COc1cc(COC(=O)CCCS)c([N+](=O)[O-])cc1OC. The number of ether oxygens (including phenoxy) is 18. The number of hydrogen-bond acceptors (Lipinski definition) is 42. The Kier molecular flexibility index (Phi) is 61.2. The summed E-state index contributed by atoms with van der Waals surface area (Å²) in [6, 6.07) is 16.6. The average molecular weight is 1980 g/mol. The van der Waals surface area contributed by atoms with Gasteiger partial charge in [0, 0.05) is 59.4 Å². The lowest BCUT2D eigenvalue weighted by molar-refractivity contribution is -0.386. The molecule has 0 atom stereocenters. The second-order valence-electron chi connectivity index (χ2n) is 25.7. The van der Waals surface area contributed by atoms with Crippen molar-refractivity contribution in [2.24, 2.45) is 0 Å². The van der Waals surface area contributed by atoms with Crippen LogP contribution < -0.4 is 56.8 Å². The lowest BCUT2D eigenvalue weighted by Crippen LogP contribution is -2.11. The maximum atomic E-state index is 11.8. The summed E-state index contributed by atoms with van der Waals surface area (Å²) in [7, 11) is 8.46. The first kappa shape index (κ1) is 118. The Labute approximate surface area is 795 Å². The molecule has 0 saturated carbocycles. The van der Waals surface area contributed by atoms with Crippen LogP contribution in [0.2, 0.25) is 0 Å². The van der Waals surface area contributed by atoms with E-state index in [4.69, 9.17) is 85.3 Å². The average Bonchev–Trinajstić information content (AvgIpc) is 0.830. The van der Waals surface area contributed by atoms with Gasteiger partial charge in [0.05, 0.1) is 211 Å². The molecule has 132 heavy (non-hydrogen) atoms. The highest BCUT2D eigenvalue weighted by molar-refractivity contribution is 7.81. The fourth-order valence-corrected chi connectivity index (χ4v) is 11.7. The summed E-state index contributed by atoms with van der Waals surface area (Å²) in [6.45, 7) is 13.2. The Morgan fingerprint density at radius 2 is 0.455 bits per heavy atom. The quantitative estimate of drug-likeness (QED) is 0.00516. The number of esters is 6. The zero-order valence-electron chi connectivity index (χ0n) is 75.2. The number of nitro groups is 6.